The molecule has 96 valence electrons. The molecule has 2 N–H and O–H groups in total. The number of rotatable bonds is 6. The highest BCUT2D eigenvalue weighted by atomic mass is 19.1. The number of halogens is 1. The van der Waals surface area contributed by atoms with E-state index in [1.54, 1.807) is 0 Å². The quantitative estimate of drug-likeness (QED) is 0.825. The predicted molar refractivity (Wildman–Crippen MR) is 70.2 cm³/mol. The molecule has 1 aromatic carbocycles. The second-order valence-corrected chi connectivity index (χ2v) is 5.46. The van der Waals surface area contributed by atoms with Crippen LogP contribution in [-0.4, -0.2) is 24.0 Å². The van der Waals surface area contributed by atoms with Crippen LogP contribution in [0, 0.1) is 5.82 Å². The molecular weight excluding hydrogens is 215 g/mol. The number of hydrogen-bond donors (Lipinski definition) is 1. The van der Waals surface area contributed by atoms with Crippen molar-refractivity contribution in [2.45, 2.75) is 38.8 Å². The minimum Gasteiger partial charge on any atom is -0.326 e. The molecule has 1 aromatic rings. The van der Waals surface area contributed by atoms with Gasteiger partial charge in [-0.15, -0.1) is 0 Å². The average molecular weight is 238 g/mol. The van der Waals surface area contributed by atoms with Gasteiger partial charge in [0.2, 0.25) is 0 Å². The number of nitrogens with zero attached hydrogens (tertiary/aromatic N) is 1. The number of hydrogen-bond acceptors (Lipinski definition) is 2. The monoisotopic (exact) mass is 238 g/mol. The Morgan fingerprint density at radius 2 is 1.82 bits per heavy atom. The van der Waals surface area contributed by atoms with E-state index in [4.69, 9.17) is 5.73 Å². The molecule has 0 bridgehead atoms. The predicted octanol–water partition coefficient (Wildman–Crippen LogP) is 2.78. The van der Waals surface area contributed by atoms with Gasteiger partial charge in [0.25, 0.3) is 0 Å². The van der Waals surface area contributed by atoms with E-state index in [2.05, 4.69) is 11.9 Å². The van der Waals surface area contributed by atoms with E-state index >= 15 is 0 Å². The van der Waals surface area contributed by atoms with Crippen LogP contribution in [0.15, 0.2) is 24.3 Å². The van der Waals surface area contributed by atoms with Gasteiger partial charge < -0.3 is 10.6 Å². The molecule has 0 spiro atoms. The Labute approximate surface area is 104 Å². The number of benzene rings is 1. The van der Waals surface area contributed by atoms with E-state index in [-0.39, 0.29) is 11.4 Å². The Bertz CT molecular complexity index is 327. The van der Waals surface area contributed by atoms with Crippen LogP contribution >= 0.6 is 0 Å². The smallest absolute Gasteiger partial charge is 0.123 e. The molecule has 0 radical (unpaired) electrons. The lowest BCUT2D eigenvalue weighted by Gasteiger charge is -2.21. The third kappa shape index (κ3) is 6.39. The van der Waals surface area contributed by atoms with Gasteiger partial charge in [0.05, 0.1) is 0 Å². The van der Waals surface area contributed by atoms with Crippen LogP contribution in [0.1, 0.15) is 32.3 Å². The minimum absolute atomic E-state index is 0.0866. The van der Waals surface area contributed by atoms with Gasteiger partial charge >= 0.3 is 0 Å². The van der Waals surface area contributed by atoms with Crippen LogP contribution < -0.4 is 5.73 Å². The van der Waals surface area contributed by atoms with Crippen molar-refractivity contribution in [2.75, 3.05) is 13.6 Å². The van der Waals surface area contributed by atoms with Gasteiger partial charge in [-0.05, 0) is 58.0 Å². The van der Waals surface area contributed by atoms with Crippen molar-refractivity contribution in [1.29, 1.82) is 0 Å². The summed E-state index contributed by atoms with van der Waals surface area (Å²) in [6.07, 6.45) is 2.10. The second-order valence-electron chi connectivity index (χ2n) is 5.46. The van der Waals surface area contributed by atoms with Crippen molar-refractivity contribution >= 4 is 0 Å². The summed E-state index contributed by atoms with van der Waals surface area (Å²) in [6, 6.07) is 6.68. The molecule has 0 fully saturated rings. The lowest BCUT2D eigenvalue weighted by atomic mass is 10.00. The lowest BCUT2D eigenvalue weighted by molar-refractivity contribution is 0.303. The Kier molecular flexibility index (Phi) is 5.09. The van der Waals surface area contributed by atoms with Crippen molar-refractivity contribution in [3.8, 4) is 0 Å². The molecule has 0 aromatic heterocycles. The summed E-state index contributed by atoms with van der Waals surface area (Å²) >= 11 is 0. The zero-order chi connectivity index (χ0) is 12.9. The lowest BCUT2D eigenvalue weighted by Crippen LogP contribution is -2.33. The zero-order valence-electron chi connectivity index (χ0n) is 11.0. The van der Waals surface area contributed by atoms with E-state index in [1.807, 2.05) is 26.0 Å². The Balaban J connectivity index is 2.30. The van der Waals surface area contributed by atoms with Gasteiger partial charge in [-0.1, -0.05) is 12.1 Å². The van der Waals surface area contributed by atoms with E-state index in [9.17, 15) is 4.39 Å². The van der Waals surface area contributed by atoms with Gasteiger partial charge in [0, 0.05) is 12.1 Å². The molecule has 0 aliphatic rings. The second kappa shape index (κ2) is 6.12. The minimum atomic E-state index is -0.179. The summed E-state index contributed by atoms with van der Waals surface area (Å²) in [6.45, 7) is 5.96. The maximum absolute atomic E-state index is 12.7. The van der Waals surface area contributed by atoms with Crippen molar-refractivity contribution in [1.82, 2.24) is 4.90 Å². The molecule has 0 atom stereocenters. The SMILES string of the molecule is CN(CCCC(C)(C)N)Cc1ccc(F)cc1. The highest BCUT2D eigenvalue weighted by Gasteiger charge is 2.10. The standard InChI is InChI=1S/C14H23FN2/c1-14(2,16)9-4-10-17(3)11-12-5-7-13(15)8-6-12/h5-8H,4,9-11,16H2,1-3H3. The molecular formula is C14H23FN2. The first-order chi connectivity index (χ1) is 7.87. The average Bonchev–Trinajstić information content (AvgIpc) is 2.19. The van der Waals surface area contributed by atoms with Crippen LogP contribution in [0.25, 0.3) is 0 Å². The summed E-state index contributed by atoms with van der Waals surface area (Å²) in [4.78, 5) is 2.24. The first-order valence-electron chi connectivity index (χ1n) is 6.09. The fourth-order valence-electron chi connectivity index (χ4n) is 1.79. The molecule has 0 amide bonds. The third-order valence-electron chi connectivity index (χ3n) is 2.73. The van der Waals surface area contributed by atoms with E-state index in [0.29, 0.717) is 0 Å². The molecule has 2 nitrogen and oxygen atoms in total. The molecule has 17 heavy (non-hydrogen) atoms. The summed E-state index contributed by atoms with van der Waals surface area (Å²) in [5.74, 6) is -0.179. The molecule has 0 aliphatic heterocycles. The maximum Gasteiger partial charge on any atom is 0.123 e. The van der Waals surface area contributed by atoms with Crippen LogP contribution in [0.3, 0.4) is 0 Å². The fraction of sp³-hybridized carbons (Fsp3) is 0.571. The summed E-state index contributed by atoms with van der Waals surface area (Å²) in [7, 11) is 2.08. The van der Waals surface area contributed by atoms with Crippen LogP contribution in [0.5, 0.6) is 0 Å². The van der Waals surface area contributed by atoms with Gasteiger partial charge in [0.15, 0.2) is 0 Å². The summed E-state index contributed by atoms with van der Waals surface area (Å²) in [5, 5.41) is 0. The van der Waals surface area contributed by atoms with Gasteiger partial charge in [-0.25, -0.2) is 4.39 Å². The largest absolute Gasteiger partial charge is 0.326 e. The van der Waals surface area contributed by atoms with E-state index in [0.717, 1.165) is 31.5 Å². The fourth-order valence-corrected chi connectivity index (χ4v) is 1.79. The molecule has 1 rings (SSSR count). The Morgan fingerprint density at radius 1 is 1.24 bits per heavy atom. The highest BCUT2D eigenvalue weighted by molar-refractivity contribution is 5.15. The molecule has 0 saturated heterocycles. The van der Waals surface area contributed by atoms with E-state index in [1.165, 1.54) is 12.1 Å². The van der Waals surface area contributed by atoms with Crippen LogP contribution in [0.2, 0.25) is 0 Å². The first-order valence-corrected chi connectivity index (χ1v) is 6.09. The van der Waals surface area contributed by atoms with Crippen molar-refractivity contribution in [3.05, 3.63) is 35.6 Å². The van der Waals surface area contributed by atoms with Crippen molar-refractivity contribution < 1.29 is 4.39 Å². The molecule has 0 aliphatic carbocycles. The molecule has 3 heteroatoms. The Hall–Kier alpha value is -0.930. The maximum atomic E-state index is 12.7. The number of nitrogens with two attached hydrogens (primary N) is 1. The van der Waals surface area contributed by atoms with Crippen molar-refractivity contribution in [3.63, 3.8) is 0 Å². The topological polar surface area (TPSA) is 29.3 Å². The first kappa shape index (κ1) is 14.1. The highest BCUT2D eigenvalue weighted by Crippen LogP contribution is 2.09. The van der Waals surface area contributed by atoms with Gasteiger partial charge in [-0.3, -0.25) is 0 Å². The van der Waals surface area contributed by atoms with Gasteiger partial charge in [-0.2, -0.15) is 0 Å². The Morgan fingerprint density at radius 3 is 2.35 bits per heavy atom. The molecule has 0 heterocycles. The van der Waals surface area contributed by atoms with Crippen LogP contribution in [-0.2, 0) is 6.54 Å². The third-order valence-corrected chi connectivity index (χ3v) is 2.73. The summed E-state index contributed by atoms with van der Waals surface area (Å²) < 4.78 is 12.7. The van der Waals surface area contributed by atoms with Crippen molar-refractivity contribution in [2.24, 2.45) is 5.73 Å². The van der Waals surface area contributed by atoms with Crippen LogP contribution in [0.4, 0.5) is 4.39 Å². The van der Waals surface area contributed by atoms with Gasteiger partial charge in [0.1, 0.15) is 5.82 Å². The zero-order valence-corrected chi connectivity index (χ0v) is 11.0. The molecule has 0 unspecified atom stereocenters. The molecule has 0 saturated carbocycles. The normalized spacial score (nSPS) is 12.1. The summed E-state index contributed by atoms with van der Waals surface area (Å²) in [5.41, 5.74) is 6.98. The van der Waals surface area contributed by atoms with E-state index < -0.39 is 0 Å².